The second-order valence-corrected chi connectivity index (χ2v) is 19.1. The van der Waals surface area contributed by atoms with Crippen LogP contribution in [-0.2, 0) is 65.7 Å². The Bertz CT molecular complexity index is 2240. The molecule has 0 radical (unpaired) electrons. The number of benzene rings is 2. The molecule has 24 heteroatoms. The summed E-state index contributed by atoms with van der Waals surface area (Å²) in [6.07, 6.45) is -1.01. The lowest BCUT2D eigenvalue weighted by Gasteiger charge is -2.30. The molecule has 2 aromatic rings. The summed E-state index contributed by atoms with van der Waals surface area (Å²) in [4.78, 5) is 148. The Kier molecular flexibility index (Phi) is 24.6. The number of thioether (sulfide) groups is 1. The molecule has 72 heavy (non-hydrogen) atoms. The molecule has 0 spiro atoms. The van der Waals surface area contributed by atoms with Gasteiger partial charge in [0, 0.05) is 31.6 Å². The molecule has 1 aliphatic heterocycles. The SMILES string of the molecule is CC[C@H](C)[C@@H]1NC(=O)[C@H](Cc2ccccc2)NC(=O)CCCSC[C@@H](C(=O)N(CC(=O)N[C@@H](CC(C)C)C(=O)NCC(N)=O)Cc2ccc(F)cc2)NC(=O)[C@H](CC(N)=O)NC(=O)[C@H](CCC(N)=O)NC1=O. The molecule has 1 heterocycles. The number of nitrogens with zero attached hydrogens (tertiary/aromatic N) is 1. The Hall–Kier alpha value is -7.11. The minimum absolute atomic E-state index is 0.0453. The average Bonchev–Trinajstić information content (AvgIpc) is 3.31. The highest BCUT2D eigenvalue weighted by Gasteiger charge is 2.36. The minimum atomic E-state index is -1.79. The van der Waals surface area contributed by atoms with Crippen molar-refractivity contribution < 1.29 is 57.1 Å². The van der Waals surface area contributed by atoms with E-state index in [1.54, 1.807) is 58.0 Å². The van der Waals surface area contributed by atoms with Crippen LogP contribution in [0.3, 0.4) is 0 Å². The molecule has 0 unspecified atom stereocenters. The number of rotatable bonds is 20. The molecule has 1 fully saturated rings. The quantitative estimate of drug-likeness (QED) is 0.0738. The van der Waals surface area contributed by atoms with E-state index >= 15 is 0 Å². The minimum Gasteiger partial charge on any atom is -0.370 e. The molecule has 22 nitrogen and oxygen atoms in total. The normalized spacial score (nSPS) is 20.5. The highest BCUT2D eigenvalue weighted by Crippen LogP contribution is 2.16. The summed E-state index contributed by atoms with van der Waals surface area (Å²) in [6.45, 7) is 5.46. The molecule has 1 saturated heterocycles. The lowest BCUT2D eigenvalue weighted by Crippen LogP contribution is -2.61. The number of nitrogens with two attached hydrogens (primary N) is 3. The molecule has 0 aromatic heterocycles. The van der Waals surface area contributed by atoms with Crippen LogP contribution in [0, 0.1) is 17.7 Å². The van der Waals surface area contributed by atoms with E-state index in [1.807, 2.05) is 0 Å². The standard InChI is InChI=1S/C48H68FN11O11S/c1-5-28(4)42-47(70)56-32(17-18-37(50)61)44(67)57-35(22-38(51)62)45(68)58-36(26-72-19-9-12-40(64)54-34(46(69)59-42)21-29-10-7-6-8-11-29)48(71)60(24-30-13-15-31(49)16-14-30)25-41(65)55-33(20-27(2)3)43(66)53-23-39(52)63/h6-8,10-11,13-16,27-28,32-36,42H,5,9,12,17-26H2,1-4H3,(H2,50,61)(H2,51,62)(H2,52,63)(H,53,66)(H,54,64)(H,55,65)(H,56,70)(H,57,67)(H,58,68)(H,59,69)/t28-,32-,33-,34-,35-,36-,42-/m0/s1. The zero-order valence-electron chi connectivity index (χ0n) is 41.0. The molecule has 13 N–H and O–H groups in total. The molecule has 394 valence electrons. The van der Waals surface area contributed by atoms with Crippen molar-refractivity contribution in [3.63, 3.8) is 0 Å². The predicted molar refractivity (Wildman–Crippen MR) is 263 cm³/mol. The molecular formula is C48H68FN11O11S. The van der Waals surface area contributed by atoms with Gasteiger partial charge in [0.15, 0.2) is 0 Å². The van der Waals surface area contributed by atoms with Crippen molar-refractivity contribution in [1.82, 2.24) is 42.1 Å². The van der Waals surface area contributed by atoms with Gasteiger partial charge in [-0.1, -0.05) is 76.6 Å². The summed E-state index contributed by atoms with van der Waals surface area (Å²) >= 11 is 1.12. The van der Waals surface area contributed by atoms with E-state index in [4.69, 9.17) is 17.2 Å². The largest absolute Gasteiger partial charge is 0.370 e. The van der Waals surface area contributed by atoms with Crippen LogP contribution < -0.4 is 54.4 Å². The van der Waals surface area contributed by atoms with Gasteiger partial charge >= 0.3 is 0 Å². The van der Waals surface area contributed by atoms with E-state index in [9.17, 15) is 57.1 Å². The smallest absolute Gasteiger partial charge is 0.246 e. The molecular weight excluding hydrogens is 958 g/mol. The number of carbonyl (C=O) groups is 11. The number of amides is 11. The van der Waals surface area contributed by atoms with Crippen molar-refractivity contribution in [3.05, 3.63) is 71.5 Å². The molecule has 0 saturated carbocycles. The summed E-state index contributed by atoms with van der Waals surface area (Å²) < 4.78 is 14.0. The monoisotopic (exact) mass is 1030 g/mol. The van der Waals surface area contributed by atoms with E-state index in [0.717, 1.165) is 28.8 Å². The van der Waals surface area contributed by atoms with Crippen LogP contribution in [0.2, 0.25) is 0 Å². The van der Waals surface area contributed by atoms with Gasteiger partial charge < -0.3 is 59.3 Å². The first-order valence-corrected chi connectivity index (χ1v) is 24.8. The Morgan fingerprint density at radius 3 is 2.01 bits per heavy atom. The fourth-order valence-electron chi connectivity index (χ4n) is 7.42. The molecule has 7 atom stereocenters. The van der Waals surface area contributed by atoms with E-state index in [1.165, 1.54) is 12.1 Å². The van der Waals surface area contributed by atoms with Gasteiger partial charge in [-0.25, -0.2) is 4.39 Å². The third-order valence-corrected chi connectivity index (χ3v) is 12.5. The number of nitrogens with one attached hydrogen (secondary N) is 7. The van der Waals surface area contributed by atoms with Crippen LogP contribution >= 0.6 is 11.8 Å². The Balaban J connectivity index is 2.10. The number of halogens is 1. The van der Waals surface area contributed by atoms with Gasteiger partial charge in [0.2, 0.25) is 65.0 Å². The number of hydrogen-bond donors (Lipinski definition) is 10. The van der Waals surface area contributed by atoms with E-state index in [2.05, 4.69) is 37.2 Å². The Morgan fingerprint density at radius 2 is 1.40 bits per heavy atom. The maximum Gasteiger partial charge on any atom is 0.246 e. The van der Waals surface area contributed by atoms with Crippen molar-refractivity contribution in [1.29, 1.82) is 0 Å². The first-order chi connectivity index (χ1) is 34.1. The third-order valence-electron chi connectivity index (χ3n) is 11.4. The van der Waals surface area contributed by atoms with Crippen molar-refractivity contribution >= 4 is 76.7 Å². The van der Waals surface area contributed by atoms with Crippen molar-refractivity contribution in [2.24, 2.45) is 29.0 Å². The van der Waals surface area contributed by atoms with Crippen LogP contribution in [0.1, 0.15) is 83.8 Å². The van der Waals surface area contributed by atoms with E-state index in [0.29, 0.717) is 17.5 Å². The third kappa shape index (κ3) is 21.1. The van der Waals surface area contributed by atoms with Gasteiger partial charge in [0.05, 0.1) is 19.5 Å². The number of hydrogen-bond acceptors (Lipinski definition) is 12. The van der Waals surface area contributed by atoms with Crippen molar-refractivity contribution in [2.45, 2.75) is 122 Å². The maximum absolute atomic E-state index is 14.8. The average molecular weight is 1030 g/mol. The fourth-order valence-corrected chi connectivity index (χ4v) is 8.40. The molecule has 0 aliphatic carbocycles. The Labute approximate surface area is 421 Å². The second kappa shape index (κ2) is 29.9. The summed E-state index contributed by atoms with van der Waals surface area (Å²) in [7, 11) is 0. The first-order valence-electron chi connectivity index (χ1n) is 23.6. The van der Waals surface area contributed by atoms with Gasteiger partial charge in [0.25, 0.3) is 0 Å². The summed E-state index contributed by atoms with van der Waals surface area (Å²) in [5.41, 5.74) is 17.2. The Morgan fingerprint density at radius 1 is 0.764 bits per heavy atom. The first kappa shape index (κ1) is 59.2. The van der Waals surface area contributed by atoms with Gasteiger partial charge in [-0.3, -0.25) is 52.7 Å². The van der Waals surface area contributed by atoms with Gasteiger partial charge in [-0.15, -0.1) is 0 Å². The molecule has 0 bridgehead atoms. The molecule has 2 aromatic carbocycles. The lowest BCUT2D eigenvalue weighted by atomic mass is 9.96. The van der Waals surface area contributed by atoms with Crippen molar-refractivity contribution in [3.8, 4) is 0 Å². The topological polar surface area (TPSA) is 353 Å². The predicted octanol–water partition coefficient (Wildman–Crippen LogP) is -1.33. The van der Waals surface area contributed by atoms with Gasteiger partial charge in [-0.05, 0) is 60.1 Å². The summed E-state index contributed by atoms with van der Waals surface area (Å²) in [5.74, 6) is -10.7. The van der Waals surface area contributed by atoms with E-state index < -0.39 is 145 Å². The second-order valence-electron chi connectivity index (χ2n) is 18.0. The molecule has 3 rings (SSSR count). The van der Waals surface area contributed by atoms with Crippen LogP contribution in [-0.4, -0.2) is 131 Å². The van der Waals surface area contributed by atoms with Crippen LogP contribution in [0.4, 0.5) is 4.39 Å². The number of primary amides is 3. The molecule has 11 amide bonds. The summed E-state index contributed by atoms with van der Waals surface area (Å²) in [5, 5.41) is 17.9. The highest BCUT2D eigenvalue weighted by molar-refractivity contribution is 7.99. The van der Waals surface area contributed by atoms with Crippen LogP contribution in [0.5, 0.6) is 0 Å². The zero-order valence-corrected chi connectivity index (χ0v) is 41.8. The summed E-state index contributed by atoms with van der Waals surface area (Å²) in [6, 6.07) is 5.31. The van der Waals surface area contributed by atoms with Crippen LogP contribution in [0.25, 0.3) is 0 Å². The maximum atomic E-state index is 14.8. The zero-order chi connectivity index (χ0) is 53.5. The van der Waals surface area contributed by atoms with Crippen LogP contribution in [0.15, 0.2) is 54.6 Å². The van der Waals surface area contributed by atoms with Gasteiger partial charge in [-0.2, -0.15) is 11.8 Å². The highest BCUT2D eigenvalue weighted by atomic mass is 32.2. The fraction of sp³-hybridized carbons (Fsp3) is 0.521. The number of carbonyl (C=O) groups excluding carboxylic acids is 11. The lowest BCUT2D eigenvalue weighted by molar-refractivity contribution is -0.141. The molecule has 1 aliphatic rings. The van der Waals surface area contributed by atoms with Crippen molar-refractivity contribution in [2.75, 3.05) is 24.6 Å². The van der Waals surface area contributed by atoms with Gasteiger partial charge in [0.1, 0.15) is 42.1 Å². The van der Waals surface area contributed by atoms with E-state index in [-0.39, 0.29) is 49.7 Å².